The van der Waals surface area contributed by atoms with E-state index in [4.69, 9.17) is 15.2 Å². The Bertz CT molecular complexity index is 491. The van der Waals surface area contributed by atoms with E-state index in [2.05, 4.69) is 18.1 Å². The Balaban J connectivity index is 1.87. The van der Waals surface area contributed by atoms with Crippen molar-refractivity contribution in [3.63, 3.8) is 0 Å². The third-order valence-corrected chi connectivity index (χ3v) is 4.37. The first-order chi connectivity index (χ1) is 11.2. The lowest BCUT2D eigenvalue weighted by atomic mass is 10.1. The molecule has 0 heterocycles. The molecule has 1 aromatic carbocycles. The largest absolute Gasteiger partial charge is 0.497 e. The van der Waals surface area contributed by atoms with E-state index < -0.39 is 0 Å². The Hall–Kier alpha value is -1.62. The Morgan fingerprint density at radius 1 is 1.17 bits per heavy atom. The van der Waals surface area contributed by atoms with E-state index in [1.165, 1.54) is 0 Å². The summed E-state index contributed by atoms with van der Waals surface area (Å²) in [5, 5.41) is 0. The summed E-state index contributed by atoms with van der Waals surface area (Å²) in [6, 6.07) is 8.44. The minimum Gasteiger partial charge on any atom is -0.497 e. The van der Waals surface area contributed by atoms with Crippen LogP contribution in [0.1, 0.15) is 18.4 Å². The van der Waals surface area contributed by atoms with Crippen LogP contribution in [0.4, 0.5) is 0 Å². The SMILES string of the molecule is C=CCN(CC=C)C1CC(OCc2ccc(OC)cc2)CC1N. The molecule has 23 heavy (non-hydrogen) atoms. The van der Waals surface area contributed by atoms with Gasteiger partial charge in [0.05, 0.1) is 19.8 Å². The maximum absolute atomic E-state index is 6.33. The molecule has 0 radical (unpaired) electrons. The zero-order chi connectivity index (χ0) is 16.7. The van der Waals surface area contributed by atoms with Crippen LogP contribution in [0.5, 0.6) is 5.75 Å². The first kappa shape index (κ1) is 17.7. The first-order valence-electron chi connectivity index (χ1n) is 8.13. The molecule has 0 aliphatic heterocycles. The molecule has 0 aromatic heterocycles. The monoisotopic (exact) mass is 316 g/mol. The number of nitrogens with zero attached hydrogens (tertiary/aromatic N) is 1. The van der Waals surface area contributed by atoms with Crippen LogP contribution in [-0.2, 0) is 11.3 Å². The molecule has 0 amide bonds. The van der Waals surface area contributed by atoms with Gasteiger partial charge in [0.15, 0.2) is 0 Å². The Kier molecular flexibility index (Phi) is 6.84. The summed E-state index contributed by atoms with van der Waals surface area (Å²) in [5.74, 6) is 0.862. The standard InChI is InChI=1S/C19H28N2O2/c1-4-10-21(11-5-2)19-13-17(12-18(19)20)23-14-15-6-8-16(22-3)9-7-15/h4-9,17-19H,1-2,10-14,20H2,3H3. The second-order valence-corrected chi connectivity index (χ2v) is 6.01. The topological polar surface area (TPSA) is 47.7 Å². The lowest BCUT2D eigenvalue weighted by Crippen LogP contribution is -2.44. The summed E-state index contributed by atoms with van der Waals surface area (Å²) in [7, 11) is 1.67. The van der Waals surface area contributed by atoms with E-state index in [1.807, 2.05) is 36.4 Å². The smallest absolute Gasteiger partial charge is 0.118 e. The van der Waals surface area contributed by atoms with Crippen molar-refractivity contribution in [1.29, 1.82) is 0 Å². The quantitative estimate of drug-likeness (QED) is 0.712. The second-order valence-electron chi connectivity index (χ2n) is 6.01. The lowest BCUT2D eigenvalue weighted by molar-refractivity contribution is 0.0401. The van der Waals surface area contributed by atoms with Gasteiger partial charge < -0.3 is 15.2 Å². The number of hydrogen-bond acceptors (Lipinski definition) is 4. The highest BCUT2D eigenvalue weighted by Gasteiger charge is 2.35. The van der Waals surface area contributed by atoms with Crippen LogP contribution >= 0.6 is 0 Å². The predicted molar refractivity (Wildman–Crippen MR) is 94.5 cm³/mol. The van der Waals surface area contributed by atoms with Gasteiger partial charge in [0.25, 0.3) is 0 Å². The molecular formula is C19H28N2O2. The number of hydrogen-bond donors (Lipinski definition) is 1. The Labute approximate surface area is 139 Å². The third kappa shape index (κ3) is 4.93. The maximum Gasteiger partial charge on any atom is 0.118 e. The summed E-state index contributed by atoms with van der Waals surface area (Å²) < 4.78 is 11.2. The summed E-state index contributed by atoms with van der Waals surface area (Å²) in [6.45, 7) is 9.93. The second kappa shape index (κ2) is 8.87. The third-order valence-electron chi connectivity index (χ3n) is 4.37. The van der Waals surface area contributed by atoms with Crippen LogP contribution in [0, 0.1) is 0 Å². The number of benzene rings is 1. The Morgan fingerprint density at radius 2 is 1.83 bits per heavy atom. The molecule has 3 atom stereocenters. The normalized spacial score (nSPS) is 23.9. The van der Waals surface area contributed by atoms with Crippen LogP contribution in [0.2, 0.25) is 0 Å². The minimum absolute atomic E-state index is 0.135. The highest BCUT2D eigenvalue weighted by molar-refractivity contribution is 5.26. The number of rotatable bonds is 9. The molecule has 1 aromatic rings. The van der Waals surface area contributed by atoms with Crippen LogP contribution in [0.3, 0.4) is 0 Å². The molecule has 1 saturated carbocycles. The van der Waals surface area contributed by atoms with Crippen LogP contribution in [0.25, 0.3) is 0 Å². The summed E-state index contributed by atoms with van der Waals surface area (Å²) >= 11 is 0. The maximum atomic E-state index is 6.33. The molecule has 126 valence electrons. The fraction of sp³-hybridized carbons (Fsp3) is 0.474. The van der Waals surface area contributed by atoms with Crippen molar-refractivity contribution in [3.8, 4) is 5.75 Å². The van der Waals surface area contributed by atoms with Crippen molar-refractivity contribution in [2.24, 2.45) is 5.73 Å². The molecule has 0 bridgehead atoms. The van der Waals surface area contributed by atoms with Gasteiger partial charge in [-0.15, -0.1) is 13.2 Å². The highest BCUT2D eigenvalue weighted by atomic mass is 16.5. The van der Waals surface area contributed by atoms with Gasteiger partial charge in [-0.25, -0.2) is 0 Å². The van der Waals surface area contributed by atoms with Crippen molar-refractivity contribution in [3.05, 3.63) is 55.1 Å². The molecular weight excluding hydrogens is 288 g/mol. The predicted octanol–water partition coefficient (Wildman–Crippen LogP) is 2.74. The Morgan fingerprint density at radius 3 is 2.39 bits per heavy atom. The van der Waals surface area contributed by atoms with Gasteiger partial charge >= 0.3 is 0 Å². The average Bonchev–Trinajstić information content (AvgIpc) is 2.94. The molecule has 1 fully saturated rings. The van der Waals surface area contributed by atoms with Gasteiger partial charge in [0, 0.05) is 25.2 Å². The molecule has 1 aliphatic carbocycles. The molecule has 0 saturated heterocycles. The fourth-order valence-corrected chi connectivity index (χ4v) is 3.17. The van der Waals surface area contributed by atoms with Gasteiger partial charge in [0.1, 0.15) is 5.75 Å². The van der Waals surface area contributed by atoms with E-state index in [-0.39, 0.29) is 12.1 Å². The van der Waals surface area contributed by atoms with E-state index >= 15 is 0 Å². The van der Waals surface area contributed by atoms with Gasteiger partial charge in [-0.2, -0.15) is 0 Å². The van der Waals surface area contributed by atoms with Crippen LogP contribution in [0.15, 0.2) is 49.6 Å². The minimum atomic E-state index is 0.135. The first-order valence-corrected chi connectivity index (χ1v) is 8.13. The lowest BCUT2D eigenvalue weighted by Gasteiger charge is -2.29. The molecule has 4 nitrogen and oxygen atoms in total. The van der Waals surface area contributed by atoms with Crippen LogP contribution < -0.4 is 10.5 Å². The summed E-state index contributed by atoms with van der Waals surface area (Å²) in [4.78, 5) is 2.32. The molecule has 3 unspecified atom stereocenters. The van der Waals surface area contributed by atoms with E-state index in [0.29, 0.717) is 12.6 Å². The van der Waals surface area contributed by atoms with Gasteiger partial charge in [-0.1, -0.05) is 24.3 Å². The number of ether oxygens (including phenoxy) is 2. The van der Waals surface area contributed by atoms with Crippen molar-refractivity contribution in [2.75, 3.05) is 20.2 Å². The van der Waals surface area contributed by atoms with E-state index in [9.17, 15) is 0 Å². The number of methoxy groups -OCH3 is 1. The molecule has 0 spiro atoms. The zero-order valence-electron chi connectivity index (χ0n) is 14.0. The molecule has 4 heteroatoms. The van der Waals surface area contributed by atoms with E-state index in [1.54, 1.807) is 7.11 Å². The van der Waals surface area contributed by atoms with Gasteiger partial charge in [-0.3, -0.25) is 4.90 Å². The average molecular weight is 316 g/mol. The van der Waals surface area contributed by atoms with Crippen molar-refractivity contribution >= 4 is 0 Å². The highest BCUT2D eigenvalue weighted by Crippen LogP contribution is 2.27. The summed E-state index contributed by atoms with van der Waals surface area (Å²) in [6.07, 6.45) is 5.89. The molecule has 1 aliphatic rings. The summed E-state index contributed by atoms with van der Waals surface area (Å²) in [5.41, 5.74) is 7.48. The molecule has 2 N–H and O–H groups in total. The van der Waals surface area contributed by atoms with Gasteiger partial charge in [0.2, 0.25) is 0 Å². The van der Waals surface area contributed by atoms with Crippen molar-refractivity contribution in [2.45, 2.75) is 37.6 Å². The van der Waals surface area contributed by atoms with E-state index in [0.717, 1.165) is 37.2 Å². The van der Waals surface area contributed by atoms with Crippen molar-refractivity contribution in [1.82, 2.24) is 4.90 Å². The zero-order valence-corrected chi connectivity index (χ0v) is 14.0. The number of nitrogens with two attached hydrogens (primary N) is 1. The molecule has 2 rings (SSSR count). The van der Waals surface area contributed by atoms with Crippen LogP contribution in [-0.4, -0.2) is 43.3 Å². The fourth-order valence-electron chi connectivity index (χ4n) is 3.17. The van der Waals surface area contributed by atoms with Crippen molar-refractivity contribution < 1.29 is 9.47 Å². The van der Waals surface area contributed by atoms with Gasteiger partial charge in [-0.05, 0) is 30.5 Å².